The molecule has 0 aliphatic rings. The summed E-state index contributed by atoms with van der Waals surface area (Å²) < 4.78 is 2.75. The van der Waals surface area contributed by atoms with E-state index < -0.39 is 0 Å². The molecule has 0 unspecified atom stereocenters. The van der Waals surface area contributed by atoms with Gasteiger partial charge in [0.2, 0.25) is 0 Å². The maximum Gasteiger partial charge on any atom is 0.0342 e. The molecule has 19 heavy (non-hydrogen) atoms. The molecule has 0 aliphatic carbocycles. The van der Waals surface area contributed by atoms with Crippen LogP contribution in [0.4, 0.5) is 0 Å². The molecule has 4 rings (SSSR count). The van der Waals surface area contributed by atoms with Gasteiger partial charge in [-0.25, -0.2) is 0 Å². The van der Waals surface area contributed by atoms with Crippen molar-refractivity contribution in [2.45, 2.75) is 0 Å². The van der Waals surface area contributed by atoms with Gasteiger partial charge in [-0.15, -0.1) is 22.7 Å². The van der Waals surface area contributed by atoms with Crippen LogP contribution in [0.15, 0.2) is 71.4 Å². The summed E-state index contributed by atoms with van der Waals surface area (Å²) in [5.74, 6) is 0. The third kappa shape index (κ3) is 3.59. The minimum absolute atomic E-state index is 0. The Morgan fingerprint density at radius 3 is 1.37 bits per heavy atom. The van der Waals surface area contributed by atoms with E-state index in [0.717, 1.165) is 0 Å². The zero-order valence-electron chi connectivity index (χ0n) is 10.5. The summed E-state index contributed by atoms with van der Waals surface area (Å²) in [7, 11) is 0. The third-order valence-corrected chi connectivity index (χ3v) is 4.52. The second-order valence-corrected chi connectivity index (χ2v) is 5.81. The predicted molar refractivity (Wildman–Crippen MR) is 92.2 cm³/mol. The molecular weight excluding hydrogens is 375 g/mol. The van der Waals surface area contributed by atoms with Gasteiger partial charge >= 0.3 is 23.9 Å². The van der Waals surface area contributed by atoms with E-state index in [2.05, 4.69) is 71.4 Å². The molecule has 0 saturated heterocycles. The van der Waals surface area contributed by atoms with Crippen LogP contribution in [0.1, 0.15) is 0 Å². The predicted octanol–water partition coefficient (Wildman–Crippen LogP) is 4.89. The molecule has 2 heterocycles. The smallest absolute Gasteiger partial charge is 0.0342 e. The van der Waals surface area contributed by atoms with Gasteiger partial charge in [0.15, 0.2) is 0 Å². The summed E-state index contributed by atoms with van der Waals surface area (Å²) in [6.45, 7) is 0. The molecule has 0 amide bonds. The Morgan fingerprint density at radius 1 is 0.526 bits per heavy atom. The first kappa shape index (κ1) is 14.6. The molecule has 0 N–H and O–H groups in total. The van der Waals surface area contributed by atoms with Crippen LogP contribution >= 0.6 is 22.7 Å². The van der Waals surface area contributed by atoms with Gasteiger partial charge in [-0.05, 0) is 45.8 Å². The van der Waals surface area contributed by atoms with Crippen molar-refractivity contribution in [1.29, 1.82) is 0 Å². The summed E-state index contributed by atoms with van der Waals surface area (Å²) in [4.78, 5) is 0. The van der Waals surface area contributed by atoms with Crippen molar-refractivity contribution in [2.75, 3.05) is 0 Å². The van der Waals surface area contributed by atoms with Crippen LogP contribution in [0.25, 0.3) is 20.2 Å². The van der Waals surface area contributed by atoms with Crippen molar-refractivity contribution in [3.8, 4) is 0 Å². The standard InChI is InChI=1S/2C8H6S.Sn.2H/c2*1-2-4-8-7(3-1)5-6-9-8;;;/h2*1-6H;;;. The van der Waals surface area contributed by atoms with Crippen LogP contribution in [0.2, 0.25) is 0 Å². The fourth-order valence-corrected chi connectivity index (χ4v) is 3.39. The maximum atomic E-state index is 2.14. The van der Waals surface area contributed by atoms with E-state index in [1.54, 1.807) is 22.7 Å². The Bertz CT molecular complexity index is 629. The van der Waals surface area contributed by atoms with Crippen LogP contribution in [0.3, 0.4) is 0 Å². The molecule has 0 aliphatic heterocycles. The first-order valence-corrected chi connectivity index (χ1v) is 7.54. The second kappa shape index (κ2) is 7.08. The summed E-state index contributed by atoms with van der Waals surface area (Å²) in [6, 6.07) is 21.1. The zero-order chi connectivity index (χ0) is 12.2. The number of rotatable bonds is 0. The van der Waals surface area contributed by atoms with E-state index in [0.29, 0.717) is 0 Å². The average molecular weight is 389 g/mol. The number of thiophene rings is 2. The van der Waals surface area contributed by atoms with Crippen LogP contribution in [0.5, 0.6) is 0 Å². The van der Waals surface area contributed by atoms with Crippen LogP contribution in [-0.4, -0.2) is 23.9 Å². The molecule has 0 nitrogen and oxygen atoms in total. The van der Waals surface area contributed by atoms with Crippen LogP contribution in [-0.2, 0) is 0 Å². The normalized spacial score (nSPS) is 9.68. The molecule has 2 radical (unpaired) electrons. The largest absolute Gasteiger partial charge is 0.144 e. The Kier molecular flexibility index (Phi) is 5.43. The molecule has 0 saturated carbocycles. The Morgan fingerprint density at radius 2 is 0.947 bits per heavy atom. The van der Waals surface area contributed by atoms with E-state index in [1.807, 2.05) is 0 Å². The van der Waals surface area contributed by atoms with Crippen molar-refractivity contribution in [3.63, 3.8) is 0 Å². The van der Waals surface area contributed by atoms with Crippen molar-refractivity contribution in [1.82, 2.24) is 0 Å². The fourth-order valence-electron chi connectivity index (χ4n) is 1.81. The average Bonchev–Trinajstić information content (AvgIpc) is 3.08. The molecule has 94 valence electrons. The SMILES string of the molecule is [SnH2].c1ccc2sccc2c1.c1ccc2sccc2c1. The molecule has 0 bridgehead atoms. The topological polar surface area (TPSA) is 0 Å². The van der Waals surface area contributed by atoms with Gasteiger partial charge in [0, 0.05) is 9.40 Å². The number of fused-ring (bicyclic) bond motifs is 2. The summed E-state index contributed by atoms with van der Waals surface area (Å²) in [5, 5.41) is 6.93. The summed E-state index contributed by atoms with van der Waals surface area (Å²) >= 11 is 3.57. The second-order valence-electron chi connectivity index (χ2n) is 3.92. The van der Waals surface area contributed by atoms with Crippen LogP contribution < -0.4 is 0 Å². The Hall–Kier alpha value is -0.841. The molecule has 2 aromatic carbocycles. The number of hydrogen-bond acceptors (Lipinski definition) is 2. The molecule has 3 heteroatoms. The van der Waals surface area contributed by atoms with Crippen molar-refractivity contribution in [3.05, 3.63) is 71.4 Å². The van der Waals surface area contributed by atoms with E-state index in [9.17, 15) is 0 Å². The molecule has 0 fully saturated rings. The molecule has 2 aromatic heterocycles. The Balaban J connectivity index is 0.000000133. The van der Waals surface area contributed by atoms with Gasteiger partial charge in [0.25, 0.3) is 0 Å². The molecular formula is C16H14S2Sn. The monoisotopic (exact) mass is 390 g/mol. The number of hydrogen-bond donors (Lipinski definition) is 0. The minimum atomic E-state index is 0. The zero-order valence-corrected chi connectivity index (χ0v) is 16.1. The van der Waals surface area contributed by atoms with E-state index in [4.69, 9.17) is 0 Å². The van der Waals surface area contributed by atoms with E-state index in [1.165, 1.54) is 20.2 Å². The minimum Gasteiger partial charge on any atom is -0.144 e. The van der Waals surface area contributed by atoms with Crippen molar-refractivity contribution >= 4 is 66.8 Å². The van der Waals surface area contributed by atoms with E-state index in [-0.39, 0.29) is 23.9 Å². The first-order chi connectivity index (χ1) is 8.93. The van der Waals surface area contributed by atoms with E-state index >= 15 is 0 Å². The van der Waals surface area contributed by atoms with Crippen molar-refractivity contribution < 1.29 is 0 Å². The fraction of sp³-hybridized carbons (Fsp3) is 0. The van der Waals surface area contributed by atoms with Gasteiger partial charge in [-0.2, -0.15) is 0 Å². The third-order valence-electron chi connectivity index (χ3n) is 2.72. The van der Waals surface area contributed by atoms with Crippen molar-refractivity contribution in [2.24, 2.45) is 0 Å². The molecule has 0 spiro atoms. The Labute approximate surface area is 137 Å². The van der Waals surface area contributed by atoms with Crippen LogP contribution in [0, 0.1) is 0 Å². The van der Waals surface area contributed by atoms with Gasteiger partial charge in [-0.1, -0.05) is 36.4 Å². The number of benzene rings is 2. The molecule has 0 atom stereocenters. The van der Waals surface area contributed by atoms with Gasteiger partial charge in [-0.3, -0.25) is 0 Å². The summed E-state index contributed by atoms with van der Waals surface area (Å²) in [6.07, 6.45) is 0. The van der Waals surface area contributed by atoms with Gasteiger partial charge in [0.1, 0.15) is 0 Å². The van der Waals surface area contributed by atoms with Gasteiger partial charge < -0.3 is 0 Å². The summed E-state index contributed by atoms with van der Waals surface area (Å²) in [5.41, 5.74) is 0. The maximum absolute atomic E-state index is 2.14. The van der Waals surface area contributed by atoms with Gasteiger partial charge in [0.05, 0.1) is 0 Å². The quantitative estimate of drug-likeness (QED) is 0.376. The first-order valence-electron chi connectivity index (χ1n) is 5.78. The molecule has 4 aromatic rings.